The summed E-state index contributed by atoms with van der Waals surface area (Å²) in [5, 5.41) is 13.3. The number of hydrogen-bond donors (Lipinski definition) is 2. The third kappa shape index (κ3) is 2.12. The van der Waals surface area contributed by atoms with Crippen LogP contribution in [0.1, 0.15) is 26.2 Å². The van der Waals surface area contributed by atoms with Crippen LogP contribution in [0.25, 0.3) is 0 Å². The van der Waals surface area contributed by atoms with Gasteiger partial charge in [0.25, 0.3) is 0 Å². The predicted octanol–water partition coefficient (Wildman–Crippen LogP) is -0.0391. The Morgan fingerprint density at radius 2 is 2.12 bits per heavy atom. The quantitative estimate of drug-likeness (QED) is 0.709. The van der Waals surface area contributed by atoms with Crippen molar-refractivity contribution in [2.75, 3.05) is 19.8 Å². The van der Waals surface area contributed by atoms with Crippen molar-refractivity contribution in [3.8, 4) is 0 Å². The van der Waals surface area contributed by atoms with Crippen molar-refractivity contribution in [3.05, 3.63) is 0 Å². The monoisotopic (exact) mass is 226 g/mol. The Balaban J connectivity index is 1.52. The molecule has 4 heteroatoms. The summed E-state index contributed by atoms with van der Waals surface area (Å²) in [7, 11) is 0. The van der Waals surface area contributed by atoms with Gasteiger partial charge >= 0.3 is 0 Å². The van der Waals surface area contributed by atoms with Crippen LogP contribution >= 0.6 is 0 Å². The van der Waals surface area contributed by atoms with E-state index in [9.17, 15) is 5.11 Å². The molecule has 2 aliphatic heterocycles. The number of rotatable bonds is 3. The minimum absolute atomic E-state index is 0.149. The first-order chi connectivity index (χ1) is 7.74. The second-order valence-electron chi connectivity index (χ2n) is 5.59. The molecule has 92 valence electrons. The zero-order chi connectivity index (χ0) is 11.1. The molecule has 4 atom stereocenters. The van der Waals surface area contributed by atoms with Gasteiger partial charge in [-0.1, -0.05) is 0 Å². The highest BCUT2D eigenvalue weighted by atomic mass is 16.5. The molecule has 1 aliphatic carbocycles. The molecule has 3 fully saturated rings. The molecule has 0 radical (unpaired) electrons. The summed E-state index contributed by atoms with van der Waals surface area (Å²) in [5.41, 5.74) is 0. The Morgan fingerprint density at radius 3 is 2.75 bits per heavy atom. The molecular weight excluding hydrogens is 204 g/mol. The second-order valence-corrected chi connectivity index (χ2v) is 5.59. The SMILES string of the molecule is CC1CC(NC2COCC2O)CN1C1CC1. The summed E-state index contributed by atoms with van der Waals surface area (Å²) < 4.78 is 5.27. The molecule has 0 aromatic heterocycles. The first kappa shape index (κ1) is 11.0. The largest absolute Gasteiger partial charge is 0.389 e. The van der Waals surface area contributed by atoms with E-state index in [-0.39, 0.29) is 12.1 Å². The van der Waals surface area contributed by atoms with E-state index in [0.717, 1.165) is 12.6 Å². The summed E-state index contributed by atoms with van der Waals surface area (Å²) in [6, 6.07) is 2.24. The Labute approximate surface area is 97.0 Å². The van der Waals surface area contributed by atoms with Gasteiger partial charge in [-0.05, 0) is 26.2 Å². The molecule has 0 aromatic carbocycles. The van der Waals surface area contributed by atoms with Crippen LogP contribution in [-0.2, 0) is 4.74 Å². The molecule has 2 heterocycles. The van der Waals surface area contributed by atoms with Crippen molar-refractivity contribution in [1.82, 2.24) is 10.2 Å². The topological polar surface area (TPSA) is 44.7 Å². The maximum atomic E-state index is 9.70. The van der Waals surface area contributed by atoms with Crippen molar-refractivity contribution in [2.45, 2.75) is 56.5 Å². The fourth-order valence-corrected chi connectivity index (χ4v) is 3.10. The van der Waals surface area contributed by atoms with Gasteiger partial charge in [0.05, 0.1) is 25.4 Å². The fraction of sp³-hybridized carbons (Fsp3) is 1.00. The summed E-state index contributed by atoms with van der Waals surface area (Å²) in [6.07, 6.45) is 3.66. The zero-order valence-electron chi connectivity index (χ0n) is 9.93. The van der Waals surface area contributed by atoms with Crippen LogP contribution in [-0.4, -0.2) is 60.0 Å². The standard InChI is InChI=1S/C12H22N2O2/c1-8-4-9(5-14(8)10-2-3-10)13-11-6-16-7-12(11)15/h8-13,15H,2-7H2,1H3. The Kier molecular flexibility index (Phi) is 2.92. The number of nitrogens with one attached hydrogen (secondary N) is 1. The zero-order valence-corrected chi connectivity index (χ0v) is 9.93. The van der Waals surface area contributed by atoms with E-state index < -0.39 is 0 Å². The van der Waals surface area contributed by atoms with Gasteiger partial charge < -0.3 is 15.2 Å². The van der Waals surface area contributed by atoms with Crippen LogP contribution in [0.5, 0.6) is 0 Å². The van der Waals surface area contributed by atoms with E-state index in [0.29, 0.717) is 25.3 Å². The van der Waals surface area contributed by atoms with Crippen molar-refractivity contribution >= 4 is 0 Å². The van der Waals surface area contributed by atoms with Crippen LogP contribution in [0.4, 0.5) is 0 Å². The molecule has 4 nitrogen and oxygen atoms in total. The van der Waals surface area contributed by atoms with Gasteiger partial charge in [-0.25, -0.2) is 0 Å². The molecule has 1 saturated carbocycles. The molecular formula is C12H22N2O2. The summed E-state index contributed by atoms with van der Waals surface area (Å²) in [5.74, 6) is 0. The van der Waals surface area contributed by atoms with Gasteiger partial charge in [0.15, 0.2) is 0 Å². The minimum Gasteiger partial charge on any atom is -0.389 e. The van der Waals surface area contributed by atoms with Crippen LogP contribution in [0.2, 0.25) is 0 Å². The first-order valence-corrected chi connectivity index (χ1v) is 6.51. The molecule has 3 aliphatic rings. The molecule has 2 saturated heterocycles. The normalized spacial score (nSPS) is 45.4. The molecule has 0 spiro atoms. The van der Waals surface area contributed by atoms with Gasteiger partial charge in [-0.3, -0.25) is 4.90 Å². The Bertz CT molecular complexity index is 257. The summed E-state index contributed by atoms with van der Waals surface area (Å²) >= 11 is 0. The van der Waals surface area contributed by atoms with Gasteiger partial charge in [0, 0.05) is 24.7 Å². The van der Waals surface area contributed by atoms with E-state index in [2.05, 4.69) is 17.1 Å². The maximum Gasteiger partial charge on any atom is 0.0948 e. The highest BCUT2D eigenvalue weighted by Gasteiger charge is 2.40. The Morgan fingerprint density at radius 1 is 1.31 bits per heavy atom. The van der Waals surface area contributed by atoms with Crippen molar-refractivity contribution in [1.29, 1.82) is 0 Å². The molecule has 4 unspecified atom stereocenters. The van der Waals surface area contributed by atoms with Crippen LogP contribution < -0.4 is 5.32 Å². The lowest BCUT2D eigenvalue weighted by molar-refractivity contribution is 0.121. The molecule has 0 bridgehead atoms. The third-order valence-electron chi connectivity index (χ3n) is 4.14. The minimum atomic E-state index is -0.315. The predicted molar refractivity (Wildman–Crippen MR) is 61.3 cm³/mol. The lowest BCUT2D eigenvalue weighted by atomic mass is 10.1. The highest BCUT2D eigenvalue weighted by Crippen LogP contribution is 2.33. The summed E-state index contributed by atoms with van der Waals surface area (Å²) in [4.78, 5) is 2.62. The number of aliphatic hydroxyl groups is 1. The molecule has 2 N–H and O–H groups in total. The lowest BCUT2D eigenvalue weighted by Crippen LogP contribution is -2.46. The van der Waals surface area contributed by atoms with E-state index in [1.165, 1.54) is 19.3 Å². The van der Waals surface area contributed by atoms with Crippen molar-refractivity contribution < 1.29 is 9.84 Å². The van der Waals surface area contributed by atoms with Gasteiger partial charge in [-0.2, -0.15) is 0 Å². The Hall–Kier alpha value is -0.160. The number of nitrogens with zero attached hydrogens (tertiary/aromatic N) is 1. The number of ether oxygens (including phenoxy) is 1. The van der Waals surface area contributed by atoms with E-state index >= 15 is 0 Å². The van der Waals surface area contributed by atoms with Crippen molar-refractivity contribution in [2.24, 2.45) is 0 Å². The van der Waals surface area contributed by atoms with Crippen LogP contribution in [0.15, 0.2) is 0 Å². The number of aliphatic hydroxyl groups excluding tert-OH is 1. The molecule has 3 rings (SSSR count). The van der Waals surface area contributed by atoms with Gasteiger partial charge in [0.2, 0.25) is 0 Å². The summed E-state index contributed by atoms with van der Waals surface area (Å²) in [6.45, 7) is 4.62. The van der Waals surface area contributed by atoms with E-state index in [4.69, 9.17) is 4.74 Å². The highest BCUT2D eigenvalue weighted by molar-refractivity contribution is 4.97. The first-order valence-electron chi connectivity index (χ1n) is 6.51. The van der Waals surface area contributed by atoms with Gasteiger partial charge in [0.1, 0.15) is 0 Å². The smallest absolute Gasteiger partial charge is 0.0948 e. The second kappa shape index (κ2) is 4.26. The maximum absolute atomic E-state index is 9.70. The van der Waals surface area contributed by atoms with Gasteiger partial charge in [-0.15, -0.1) is 0 Å². The van der Waals surface area contributed by atoms with E-state index in [1.54, 1.807) is 0 Å². The average Bonchev–Trinajstić information content (AvgIpc) is 2.92. The molecule has 0 amide bonds. The number of likely N-dealkylation sites (tertiary alicyclic amines) is 1. The van der Waals surface area contributed by atoms with Crippen LogP contribution in [0.3, 0.4) is 0 Å². The molecule has 16 heavy (non-hydrogen) atoms. The van der Waals surface area contributed by atoms with Crippen LogP contribution in [0, 0.1) is 0 Å². The lowest BCUT2D eigenvalue weighted by Gasteiger charge is -2.21. The molecule has 0 aromatic rings. The van der Waals surface area contributed by atoms with Crippen molar-refractivity contribution in [3.63, 3.8) is 0 Å². The van der Waals surface area contributed by atoms with E-state index in [1.807, 2.05) is 0 Å². The average molecular weight is 226 g/mol. The third-order valence-corrected chi connectivity index (χ3v) is 4.14. The fourth-order valence-electron chi connectivity index (χ4n) is 3.10. The number of hydrogen-bond acceptors (Lipinski definition) is 4.